The third kappa shape index (κ3) is 3.10. The number of nitrogens with zero attached hydrogens (tertiary/aromatic N) is 3. The molecule has 0 aliphatic carbocycles. The normalized spacial score (nSPS) is 16.3. The molecule has 0 atom stereocenters. The van der Waals surface area contributed by atoms with Crippen LogP contribution in [0.4, 0.5) is 10.1 Å². The van der Waals surface area contributed by atoms with E-state index in [1.807, 2.05) is 17.8 Å². The Balaban J connectivity index is 1.50. The highest BCUT2D eigenvalue weighted by Gasteiger charge is 2.20. The summed E-state index contributed by atoms with van der Waals surface area (Å²) in [6, 6.07) is 5.02. The molecular formula is C19H22FN5O. The van der Waals surface area contributed by atoms with E-state index >= 15 is 0 Å². The number of H-pyrrole nitrogens is 1. The number of piperidine rings is 1. The summed E-state index contributed by atoms with van der Waals surface area (Å²) in [7, 11) is 2.12. The van der Waals surface area contributed by atoms with Crippen molar-refractivity contribution in [3.8, 4) is 0 Å². The van der Waals surface area contributed by atoms with Crippen LogP contribution in [0.3, 0.4) is 0 Å². The molecular weight excluding hydrogens is 333 g/mol. The van der Waals surface area contributed by atoms with Gasteiger partial charge in [0.25, 0.3) is 5.91 Å². The maximum Gasteiger partial charge on any atom is 0.272 e. The molecule has 0 saturated carbocycles. The molecule has 1 aliphatic heterocycles. The average Bonchev–Trinajstić information content (AvgIpc) is 3.27. The van der Waals surface area contributed by atoms with E-state index in [0.29, 0.717) is 28.3 Å². The Labute approximate surface area is 151 Å². The van der Waals surface area contributed by atoms with Gasteiger partial charge in [0.1, 0.15) is 11.5 Å². The van der Waals surface area contributed by atoms with Crippen LogP contribution >= 0.6 is 0 Å². The van der Waals surface area contributed by atoms with Crippen molar-refractivity contribution in [1.29, 1.82) is 0 Å². The number of halogens is 1. The Morgan fingerprint density at radius 2 is 2.12 bits per heavy atom. The van der Waals surface area contributed by atoms with Crippen molar-refractivity contribution in [2.75, 3.05) is 25.5 Å². The van der Waals surface area contributed by atoms with E-state index in [1.165, 1.54) is 6.07 Å². The Morgan fingerprint density at radius 1 is 1.35 bits per heavy atom. The summed E-state index contributed by atoms with van der Waals surface area (Å²) in [5, 5.41) is 7.66. The number of carbonyl (C=O) groups excluding carboxylic acids is 1. The molecule has 0 bridgehead atoms. The Kier molecular flexibility index (Phi) is 4.24. The van der Waals surface area contributed by atoms with Gasteiger partial charge < -0.3 is 15.2 Å². The number of hydrogen-bond donors (Lipinski definition) is 2. The number of aryl methyl sites for hydroxylation is 1. The molecule has 2 aromatic heterocycles. The van der Waals surface area contributed by atoms with E-state index in [9.17, 15) is 9.18 Å². The van der Waals surface area contributed by atoms with E-state index in [-0.39, 0.29) is 11.7 Å². The quantitative estimate of drug-likeness (QED) is 0.757. The molecule has 1 aromatic carbocycles. The van der Waals surface area contributed by atoms with Gasteiger partial charge in [-0.25, -0.2) is 4.39 Å². The van der Waals surface area contributed by atoms with Gasteiger partial charge in [-0.15, -0.1) is 0 Å². The monoisotopic (exact) mass is 355 g/mol. The van der Waals surface area contributed by atoms with Gasteiger partial charge in [-0.2, -0.15) is 5.10 Å². The fraction of sp³-hybridized carbons (Fsp3) is 0.368. The molecule has 0 spiro atoms. The molecule has 26 heavy (non-hydrogen) atoms. The Hall–Kier alpha value is -2.67. The zero-order valence-corrected chi connectivity index (χ0v) is 14.9. The zero-order valence-electron chi connectivity index (χ0n) is 14.9. The van der Waals surface area contributed by atoms with Crippen molar-refractivity contribution in [2.24, 2.45) is 0 Å². The van der Waals surface area contributed by atoms with Gasteiger partial charge in [-0.1, -0.05) is 6.07 Å². The summed E-state index contributed by atoms with van der Waals surface area (Å²) in [6.07, 6.45) is 5.62. The number of rotatable bonds is 3. The molecule has 6 nitrogen and oxygen atoms in total. The van der Waals surface area contributed by atoms with Gasteiger partial charge >= 0.3 is 0 Å². The molecule has 2 N–H and O–H groups in total. The Bertz CT molecular complexity index is 913. The molecule has 7 heteroatoms. The van der Waals surface area contributed by atoms with Crippen LogP contribution in [0, 0.1) is 12.7 Å². The van der Waals surface area contributed by atoms with E-state index in [1.54, 1.807) is 18.3 Å². The lowest BCUT2D eigenvalue weighted by molar-refractivity contribution is 0.102. The molecule has 1 fully saturated rings. The number of carbonyl (C=O) groups is 1. The number of amides is 1. The summed E-state index contributed by atoms with van der Waals surface area (Å²) < 4.78 is 15.9. The van der Waals surface area contributed by atoms with E-state index in [0.717, 1.165) is 31.5 Å². The Morgan fingerprint density at radius 3 is 2.85 bits per heavy atom. The molecule has 4 rings (SSSR count). The highest BCUT2D eigenvalue weighted by Crippen LogP contribution is 2.24. The summed E-state index contributed by atoms with van der Waals surface area (Å²) in [6.45, 7) is 3.98. The van der Waals surface area contributed by atoms with Crippen molar-refractivity contribution in [3.05, 3.63) is 47.7 Å². The van der Waals surface area contributed by atoms with Gasteiger partial charge in [0.2, 0.25) is 0 Å². The fourth-order valence-corrected chi connectivity index (χ4v) is 3.51. The lowest BCUT2D eigenvalue weighted by Crippen LogP contribution is -2.31. The maximum atomic E-state index is 13.9. The van der Waals surface area contributed by atoms with Crippen LogP contribution in [0.2, 0.25) is 0 Å². The predicted octanol–water partition coefficient (Wildman–Crippen LogP) is 3.33. The van der Waals surface area contributed by atoms with Crippen molar-refractivity contribution >= 4 is 22.5 Å². The minimum absolute atomic E-state index is 0.303. The first-order valence-electron chi connectivity index (χ1n) is 8.83. The minimum Gasteiger partial charge on any atom is -0.350 e. The SMILES string of the molecule is Cc1ccc(F)c2cc(C(=O)Nc3cnn(C4CCN(C)CC4)c3)[nH]c12. The topological polar surface area (TPSA) is 66.0 Å². The first-order chi connectivity index (χ1) is 12.5. The highest BCUT2D eigenvalue weighted by atomic mass is 19.1. The molecule has 3 aromatic rings. The van der Waals surface area contributed by atoms with Crippen LogP contribution in [0.25, 0.3) is 10.9 Å². The first kappa shape index (κ1) is 16.8. The van der Waals surface area contributed by atoms with Gasteiger partial charge in [0, 0.05) is 11.6 Å². The van der Waals surface area contributed by atoms with Crippen LogP contribution < -0.4 is 5.32 Å². The average molecular weight is 355 g/mol. The maximum absolute atomic E-state index is 13.9. The van der Waals surface area contributed by atoms with Gasteiger partial charge in [-0.05, 0) is 57.6 Å². The number of anilines is 1. The molecule has 0 unspecified atom stereocenters. The van der Waals surface area contributed by atoms with Crippen LogP contribution in [0.1, 0.15) is 34.9 Å². The fourth-order valence-electron chi connectivity index (χ4n) is 3.51. The smallest absolute Gasteiger partial charge is 0.272 e. The first-order valence-corrected chi connectivity index (χ1v) is 8.83. The standard InChI is InChI=1S/C19H22FN5O/c1-12-3-4-16(20)15-9-17(23-18(12)15)19(26)22-13-10-21-25(11-13)14-5-7-24(2)8-6-14/h3-4,9-11,14,23H,5-8H2,1-2H3,(H,22,26). The molecule has 1 saturated heterocycles. The molecule has 1 aliphatic rings. The second kappa shape index (κ2) is 6.57. The number of fused-ring (bicyclic) bond motifs is 1. The predicted molar refractivity (Wildman–Crippen MR) is 98.9 cm³/mol. The minimum atomic E-state index is -0.337. The molecule has 0 radical (unpaired) electrons. The third-order valence-electron chi connectivity index (χ3n) is 5.12. The summed E-state index contributed by atoms with van der Waals surface area (Å²) in [4.78, 5) is 17.8. The molecule has 3 heterocycles. The van der Waals surface area contributed by atoms with Crippen molar-refractivity contribution in [3.63, 3.8) is 0 Å². The van der Waals surface area contributed by atoms with Gasteiger partial charge in [0.15, 0.2) is 0 Å². The van der Waals surface area contributed by atoms with Crippen molar-refractivity contribution in [1.82, 2.24) is 19.7 Å². The van der Waals surface area contributed by atoms with Crippen molar-refractivity contribution in [2.45, 2.75) is 25.8 Å². The second-order valence-electron chi connectivity index (χ2n) is 7.03. The number of benzene rings is 1. The van der Waals surface area contributed by atoms with E-state index < -0.39 is 0 Å². The number of aromatic amines is 1. The number of aromatic nitrogens is 3. The van der Waals surface area contributed by atoms with Crippen LogP contribution in [0.5, 0.6) is 0 Å². The van der Waals surface area contributed by atoms with Crippen LogP contribution in [0.15, 0.2) is 30.6 Å². The van der Waals surface area contributed by atoms with Crippen molar-refractivity contribution < 1.29 is 9.18 Å². The lowest BCUT2D eigenvalue weighted by atomic mass is 10.1. The van der Waals surface area contributed by atoms with E-state index in [2.05, 4.69) is 27.3 Å². The van der Waals surface area contributed by atoms with Gasteiger partial charge in [0.05, 0.1) is 23.4 Å². The number of likely N-dealkylation sites (tertiary alicyclic amines) is 1. The van der Waals surface area contributed by atoms with Crippen LogP contribution in [-0.4, -0.2) is 45.7 Å². The lowest BCUT2D eigenvalue weighted by Gasteiger charge is -2.28. The zero-order chi connectivity index (χ0) is 18.3. The summed E-state index contributed by atoms with van der Waals surface area (Å²) >= 11 is 0. The summed E-state index contributed by atoms with van der Waals surface area (Å²) in [5.74, 6) is -0.640. The number of nitrogens with one attached hydrogen (secondary N) is 2. The number of hydrogen-bond acceptors (Lipinski definition) is 3. The van der Waals surface area contributed by atoms with E-state index in [4.69, 9.17) is 0 Å². The third-order valence-corrected chi connectivity index (χ3v) is 5.12. The summed E-state index contributed by atoms with van der Waals surface area (Å²) in [5.41, 5.74) is 2.53. The molecule has 136 valence electrons. The van der Waals surface area contributed by atoms with Crippen LogP contribution in [-0.2, 0) is 0 Å². The highest BCUT2D eigenvalue weighted by molar-refractivity contribution is 6.06. The molecule has 1 amide bonds. The van der Waals surface area contributed by atoms with Gasteiger partial charge in [-0.3, -0.25) is 9.48 Å². The second-order valence-corrected chi connectivity index (χ2v) is 7.03. The largest absolute Gasteiger partial charge is 0.350 e.